The lowest BCUT2D eigenvalue weighted by atomic mass is 9.79. The summed E-state index contributed by atoms with van der Waals surface area (Å²) < 4.78 is 18.2. The van der Waals surface area contributed by atoms with Gasteiger partial charge in [0.05, 0.1) is 35.7 Å². The molecule has 11 nitrogen and oxygen atoms in total. The third-order valence-electron chi connectivity index (χ3n) is 15.0. The molecule has 6 rings (SSSR count). The number of hydrogen-bond donors (Lipinski definition) is 0. The smallest absolute Gasteiger partial charge is 0.319 e. The van der Waals surface area contributed by atoms with E-state index in [0.717, 1.165) is 39.2 Å². The standard InChI is InChI=1S/C56H73N3O8S/c1-11-36(4)51(58(8)54(63)44(35(2)3)32-49(61)56(6,7)55(64)67-34-45-42-24-17-15-22-40(42)41-23-16-18-25-43(41)45)48(65-9)33-50(62)59-28-19-26-46(59)52(66-10)37(5)47(60)31-39(53-57-27-29-68-53)30-38-20-13-12-14-21-38/h12-18,20-25,27,29,35-37,39,44-46,48,51-52H,11,19,26,28,30-34H2,1-10H3/t36-,37-,39+,44-,46-,48+,51-,52+/m0/s1. The number of nitrogens with zero attached hydrogens (tertiary/aromatic N) is 3. The van der Waals surface area contributed by atoms with Crippen molar-refractivity contribution in [2.24, 2.45) is 29.1 Å². The van der Waals surface area contributed by atoms with Gasteiger partial charge in [0.25, 0.3) is 0 Å². The molecule has 1 aliphatic heterocycles. The van der Waals surface area contributed by atoms with E-state index in [1.54, 1.807) is 57.5 Å². The quantitative estimate of drug-likeness (QED) is 0.0498. The Hall–Kier alpha value is -5.04. The van der Waals surface area contributed by atoms with Crippen molar-refractivity contribution in [2.75, 3.05) is 34.4 Å². The maximum Gasteiger partial charge on any atom is 0.319 e. The Morgan fingerprint density at radius 3 is 2.06 bits per heavy atom. The molecular weight excluding hydrogens is 875 g/mol. The number of fused-ring (bicyclic) bond motifs is 3. The van der Waals surface area contributed by atoms with Gasteiger partial charge in [0.2, 0.25) is 11.8 Å². The minimum absolute atomic E-state index is 0.0156. The highest BCUT2D eigenvalue weighted by atomic mass is 32.1. The van der Waals surface area contributed by atoms with Gasteiger partial charge in [-0.3, -0.25) is 24.0 Å². The molecule has 68 heavy (non-hydrogen) atoms. The number of amides is 2. The number of likely N-dealkylation sites (tertiary alicyclic amines) is 1. The van der Waals surface area contributed by atoms with Crippen molar-refractivity contribution in [1.29, 1.82) is 0 Å². The van der Waals surface area contributed by atoms with Crippen LogP contribution in [0.1, 0.15) is 121 Å². The molecule has 1 fully saturated rings. The Morgan fingerprint density at radius 2 is 1.49 bits per heavy atom. The van der Waals surface area contributed by atoms with E-state index in [2.05, 4.69) is 41.4 Å². The third-order valence-corrected chi connectivity index (χ3v) is 15.9. The largest absolute Gasteiger partial charge is 0.464 e. The van der Waals surface area contributed by atoms with Gasteiger partial charge in [-0.2, -0.15) is 0 Å². The number of ether oxygens (including phenoxy) is 3. The molecule has 8 atom stereocenters. The summed E-state index contributed by atoms with van der Waals surface area (Å²) in [6.45, 7) is 13.6. The molecule has 0 N–H and O–H groups in total. The van der Waals surface area contributed by atoms with Crippen LogP contribution in [-0.2, 0) is 44.6 Å². The number of aromatic nitrogens is 1. The maximum absolute atomic E-state index is 14.7. The van der Waals surface area contributed by atoms with Crippen LogP contribution in [0.15, 0.2) is 90.4 Å². The van der Waals surface area contributed by atoms with Crippen LogP contribution in [0, 0.1) is 29.1 Å². The lowest BCUT2D eigenvalue weighted by Gasteiger charge is -2.41. The summed E-state index contributed by atoms with van der Waals surface area (Å²) in [5, 5.41) is 2.87. The summed E-state index contributed by atoms with van der Waals surface area (Å²) in [7, 11) is 4.92. The molecule has 1 saturated heterocycles. The molecule has 2 aliphatic rings. The second-order valence-electron chi connectivity index (χ2n) is 19.9. The zero-order valence-electron chi connectivity index (χ0n) is 41.8. The van der Waals surface area contributed by atoms with E-state index in [-0.39, 0.29) is 72.5 Å². The monoisotopic (exact) mass is 948 g/mol. The Balaban J connectivity index is 1.11. The summed E-state index contributed by atoms with van der Waals surface area (Å²) in [5.74, 6) is -3.03. The van der Waals surface area contributed by atoms with E-state index >= 15 is 0 Å². The van der Waals surface area contributed by atoms with Crippen LogP contribution in [-0.4, -0.2) is 103 Å². The van der Waals surface area contributed by atoms with E-state index in [0.29, 0.717) is 32.2 Å². The van der Waals surface area contributed by atoms with Gasteiger partial charge in [0, 0.05) is 75.9 Å². The third kappa shape index (κ3) is 11.7. The van der Waals surface area contributed by atoms with Crippen LogP contribution < -0.4 is 0 Å². The topological polar surface area (TPSA) is 132 Å². The van der Waals surface area contributed by atoms with Crippen LogP contribution >= 0.6 is 11.3 Å². The fourth-order valence-corrected chi connectivity index (χ4v) is 11.3. The summed E-state index contributed by atoms with van der Waals surface area (Å²) in [5.41, 5.74) is 4.03. The molecule has 0 unspecified atom stereocenters. The highest BCUT2D eigenvalue weighted by molar-refractivity contribution is 7.09. The molecule has 4 aromatic rings. The molecule has 0 saturated carbocycles. The number of ketones is 2. The highest BCUT2D eigenvalue weighted by Gasteiger charge is 2.45. The molecule has 366 valence electrons. The van der Waals surface area contributed by atoms with Gasteiger partial charge >= 0.3 is 5.97 Å². The number of esters is 1. The number of likely N-dealkylation sites (N-methyl/N-ethyl adjacent to an activating group) is 1. The van der Waals surface area contributed by atoms with Crippen molar-refractivity contribution in [2.45, 2.75) is 130 Å². The first-order valence-electron chi connectivity index (χ1n) is 24.5. The van der Waals surface area contributed by atoms with Crippen LogP contribution in [0.4, 0.5) is 0 Å². The summed E-state index contributed by atoms with van der Waals surface area (Å²) in [6, 6.07) is 25.5. The van der Waals surface area contributed by atoms with Crippen molar-refractivity contribution in [3.8, 4) is 11.1 Å². The van der Waals surface area contributed by atoms with Gasteiger partial charge in [-0.15, -0.1) is 11.3 Å². The number of methoxy groups -OCH3 is 2. The first kappa shape index (κ1) is 52.3. The highest BCUT2D eigenvalue weighted by Crippen LogP contribution is 2.45. The molecule has 2 amide bonds. The van der Waals surface area contributed by atoms with Crippen LogP contribution in [0.2, 0.25) is 0 Å². The van der Waals surface area contributed by atoms with Crippen molar-refractivity contribution >= 4 is 40.7 Å². The Bertz CT molecular complexity index is 2290. The van der Waals surface area contributed by atoms with E-state index in [9.17, 15) is 24.0 Å². The van der Waals surface area contributed by atoms with Crippen LogP contribution in [0.25, 0.3) is 11.1 Å². The van der Waals surface area contributed by atoms with E-state index in [1.165, 1.54) is 0 Å². The van der Waals surface area contributed by atoms with Crippen molar-refractivity contribution < 1.29 is 38.2 Å². The molecular formula is C56H73N3O8S. The van der Waals surface area contributed by atoms with Gasteiger partial charge in [-0.05, 0) is 72.8 Å². The lowest BCUT2D eigenvalue weighted by molar-refractivity contribution is -0.160. The van der Waals surface area contributed by atoms with Gasteiger partial charge in [0.15, 0.2) is 0 Å². The summed E-state index contributed by atoms with van der Waals surface area (Å²) in [6.07, 6.45) is 3.65. The number of thiazole rings is 1. The number of carbonyl (C=O) groups is 5. The van der Waals surface area contributed by atoms with Crippen molar-refractivity contribution in [1.82, 2.24) is 14.8 Å². The first-order chi connectivity index (χ1) is 32.5. The van der Waals surface area contributed by atoms with Crippen molar-refractivity contribution in [3.63, 3.8) is 0 Å². The minimum Gasteiger partial charge on any atom is -0.464 e. The number of rotatable bonds is 24. The van der Waals surface area contributed by atoms with Crippen LogP contribution in [0.5, 0.6) is 0 Å². The molecule has 1 aromatic heterocycles. The minimum atomic E-state index is -1.50. The molecule has 0 bridgehead atoms. The lowest BCUT2D eigenvalue weighted by Crippen LogP contribution is -2.54. The Kier molecular flexibility index (Phi) is 18.1. The number of carbonyl (C=O) groups excluding carboxylic acids is 5. The second kappa shape index (κ2) is 23.5. The second-order valence-corrected chi connectivity index (χ2v) is 20.9. The van der Waals surface area contributed by atoms with Crippen molar-refractivity contribution in [3.05, 3.63) is 112 Å². The maximum atomic E-state index is 14.7. The Labute approximate surface area is 408 Å². The van der Waals surface area contributed by atoms with Gasteiger partial charge in [-0.25, -0.2) is 4.98 Å². The molecule has 2 heterocycles. The predicted molar refractivity (Wildman–Crippen MR) is 267 cm³/mol. The number of benzene rings is 3. The Morgan fingerprint density at radius 1 is 0.853 bits per heavy atom. The van der Waals surface area contributed by atoms with Crippen LogP contribution in [0.3, 0.4) is 0 Å². The molecule has 0 radical (unpaired) electrons. The molecule has 3 aromatic carbocycles. The van der Waals surface area contributed by atoms with Gasteiger partial charge < -0.3 is 24.0 Å². The van der Waals surface area contributed by atoms with Gasteiger partial charge in [0.1, 0.15) is 23.6 Å². The average molecular weight is 948 g/mol. The number of Topliss-reactive ketones (excluding diaryl/α,β-unsaturated/α-hetero) is 2. The van der Waals surface area contributed by atoms with E-state index in [4.69, 9.17) is 14.2 Å². The fourth-order valence-electron chi connectivity index (χ4n) is 10.6. The van der Waals surface area contributed by atoms with E-state index < -0.39 is 41.5 Å². The summed E-state index contributed by atoms with van der Waals surface area (Å²) in [4.78, 5) is 79.4. The molecule has 1 aliphatic carbocycles. The van der Waals surface area contributed by atoms with Gasteiger partial charge in [-0.1, -0.05) is 120 Å². The molecule has 12 heteroatoms. The normalized spacial score (nSPS) is 17.9. The summed E-state index contributed by atoms with van der Waals surface area (Å²) >= 11 is 1.56. The zero-order chi connectivity index (χ0) is 49.3. The predicted octanol–water partition coefficient (Wildman–Crippen LogP) is 9.96. The first-order valence-corrected chi connectivity index (χ1v) is 25.4. The van der Waals surface area contributed by atoms with E-state index in [1.807, 2.05) is 87.4 Å². The fraction of sp³-hybridized carbons (Fsp3) is 0.536. The average Bonchev–Trinajstić information content (AvgIpc) is 4.13. The SMILES string of the molecule is CC[C@H](C)[C@@H]([C@@H](CC(=O)N1CCC[C@H]1[C@H](OC)[C@@H](C)C(=O)C[C@@H](Cc1ccccc1)c1nccs1)OC)N(C)C(=O)[C@@H](CC(=O)C(C)(C)C(=O)OCC1c2ccccc2-c2ccccc21)C(C)C. The molecule has 0 spiro atoms. The zero-order valence-corrected chi connectivity index (χ0v) is 42.6. The number of hydrogen-bond acceptors (Lipinski definition) is 10.